The number of phenols is 1. The van der Waals surface area contributed by atoms with E-state index in [0.29, 0.717) is 23.3 Å². The average molecular weight is 503 g/mol. The van der Waals surface area contributed by atoms with Gasteiger partial charge in [0, 0.05) is 50.2 Å². The van der Waals surface area contributed by atoms with E-state index in [4.69, 9.17) is 9.97 Å². The molecule has 0 bridgehead atoms. The molecule has 37 heavy (non-hydrogen) atoms. The minimum Gasteiger partial charge on any atom is -0.508 e. The monoisotopic (exact) mass is 502 g/mol. The van der Waals surface area contributed by atoms with E-state index in [1.807, 2.05) is 51.7 Å². The SMILES string of the molecule is CCc1ncc(CN(C)C(=O)c2nc(-c3cc(C)nc(NCCN(C)C)c3)nc3ccc(O)cc23)n1C. The topological polar surface area (TPSA) is 112 Å². The van der Waals surface area contributed by atoms with Gasteiger partial charge in [0.15, 0.2) is 5.82 Å². The number of likely N-dealkylation sites (N-methyl/N-ethyl adjacent to an activating group) is 1. The van der Waals surface area contributed by atoms with Gasteiger partial charge < -0.3 is 24.8 Å². The highest BCUT2D eigenvalue weighted by molar-refractivity contribution is 6.05. The van der Waals surface area contributed by atoms with Crippen LogP contribution in [0.1, 0.15) is 34.6 Å². The van der Waals surface area contributed by atoms with Gasteiger partial charge in [-0.25, -0.2) is 19.9 Å². The molecular weight excluding hydrogens is 468 g/mol. The fraction of sp³-hybridized carbons (Fsp3) is 0.370. The van der Waals surface area contributed by atoms with Crippen molar-refractivity contribution in [3.63, 3.8) is 0 Å². The second-order valence-electron chi connectivity index (χ2n) is 9.45. The third-order valence-electron chi connectivity index (χ3n) is 6.20. The first kappa shape index (κ1) is 26.0. The Morgan fingerprint density at radius 2 is 1.89 bits per heavy atom. The molecule has 10 heteroatoms. The number of carbonyl (C=O) groups excluding carboxylic acids is 1. The third kappa shape index (κ3) is 5.86. The first-order valence-corrected chi connectivity index (χ1v) is 12.3. The number of hydrogen-bond donors (Lipinski definition) is 2. The van der Waals surface area contributed by atoms with Crippen LogP contribution in [0.25, 0.3) is 22.3 Å². The fourth-order valence-electron chi connectivity index (χ4n) is 4.16. The van der Waals surface area contributed by atoms with Crippen molar-refractivity contribution in [3.05, 3.63) is 59.4 Å². The van der Waals surface area contributed by atoms with Gasteiger partial charge in [0.25, 0.3) is 5.91 Å². The number of phenolic OH excluding ortho intramolecular Hbond substituents is 1. The van der Waals surface area contributed by atoms with E-state index in [-0.39, 0.29) is 17.4 Å². The summed E-state index contributed by atoms with van der Waals surface area (Å²) >= 11 is 0. The van der Waals surface area contributed by atoms with E-state index in [0.717, 1.165) is 48.1 Å². The van der Waals surface area contributed by atoms with Crippen LogP contribution >= 0.6 is 0 Å². The number of amides is 1. The summed E-state index contributed by atoms with van der Waals surface area (Å²) in [5.74, 6) is 1.88. The van der Waals surface area contributed by atoms with Crippen molar-refractivity contribution in [2.75, 3.05) is 39.5 Å². The molecule has 0 saturated carbocycles. The molecule has 2 N–H and O–H groups in total. The molecule has 0 aliphatic heterocycles. The number of aromatic hydroxyl groups is 1. The van der Waals surface area contributed by atoms with Gasteiger partial charge in [0.05, 0.1) is 24.0 Å². The highest BCUT2D eigenvalue weighted by Crippen LogP contribution is 2.27. The first-order chi connectivity index (χ1) is 17.7. The summed E-state index contributed by atoms with van der Waals surface area (Å²) in [4.78, 5) is 35.8. The summed E-state index contributed by atoms with van der Waals surface area (Å²) in [6, 6.07) is 8.59. The summed E-state index contributed by atoms with van der Waals surface area (Å²) < 4.78 is 2.00. The Morgan fingerprint density at radius 3 is 2.59 bits per heavy atom. The zero-order chi connectivity index (χ0) is 26.7. The molecule has 1 amide bonds. The molecule has 0 aliphatic rings. The van der Waals surface area contributed by atoms with Crippen molar-refractivity contribution in [1.29, 1.82) is 0 Å². The second-order valence-corrected chi connectivity index (χ2v) is 9.45. The van der Waals surface area contributed by atoms with Gasteiger partial charge in [-0.1, -0.05) is 6.92 Å². The number of fused-ring (bicyclic) bond motifs is 1. The number of rotatable bonds is 9. The molecule has 0 aliphatic carbocycles. The smallest absolute Gasteiger partial charge is 0.273 e. The molecule has 0 radical (unpaired) electrons. The van der Waals surface area contributed by atoms with Gasteiger partial charge in [0.2, 0.25) is 0 Å². The van der Waals surface area contributed by atoms with E-state index in [1.54, 1.807) is 30.3 Å². The maximum atomic E-state index is 13.7. The standard InChI is InChI=1S/C27H34N8O2/c1-7-24-29-15-19(35(24)6)16-34(5)27(37)25-21-14-20(36)8-9-22(21)31-26(32-25)18-12-17(2)30-23(13-18)28-10-11-33(3)4/h8-9,12-15,36H,7,10-11,16H2,1-6H3,(H,28,30). The highest BCUT2D eigenvalue weighted by atomic mass is 16.3. The van der Waals surface area contributed by atoms with Gasteiger partial charge >= 0.3 is 0 Å². The molecule has 0 spiro atoms. The molecule has 0 fully saturated rings. The summed E-state index contributed by atoms with van der Waals surface area (Å²) in [5, 5.41) is 14.0. The number of aryl methyl sites for hydroxylation is 2. The third-order valence-corrected chi connectivity index (χ3v) is 6.20. The Bertz CT molecular complexity index is 1430. The van der Waals surface area contributed by atoms with Crippen LogP contribution in [0.2, 0.25) is 0 Å². The van der Waals surface area contributed by atoms with Crippen LogP contribution in [0, 0.1) is 6.92 Å². The number of anilines is 1. The van der Waals surface area contributed by atoms with Crippen LogP contribution in [0.5, 0.6) is 5.75 Å². The minimum atomic E-state index is -0.270. The van der Waals surface area contributed by atoms with E-state index in [2.05, 4.69) is 20.2 Å². The molecular formula is C27H34N8O2. The van der Waals surface area contributed by atoms with Gasteiger partial charge in [-0.2, -0.15) is 0 Å². The fourth-order valence-corrected chi connectivity index (χ4v) is 4.16. The van der Waals surface area contributed by atoms with Crippen molar-refractivity contribution in [1.82, 2.24) is 34.3 Å². The molecule has 10 nitrogen and oxygen atoms in total. The number of carbonyl (C=O) groups is 1. The molecule has 194 valence electrons. The van der Waals surface area contributed by atoms with E-state index in [1.165, 1.54) is 6.07 Å². The molecule has 3 aromatic heterocycles. The predicted molar refractivity (Wildman–Crippen MR) is 145 cm³/mol. The molecule has 3 heterocycles. The van der Waals surface area contributed by atoms with Crippen LogP contribution in [0.3, 0.4) is 0 Å². The minimum absolute atomic E-state index is 0.0481. The summed E-state index contributed by atoms with van der Waals surface area (Å²) in [6.45, 7) is 5.94. The number of nitrogens with zero attached hydrogens (tertiary/aromatic N) is 7. The number of nitrogens with one attached hydrogen (secondary N) is 1. The molecule has 0 atom stereocenters. The Balaban J connectivity index is 1.72. The van der Waals surface area contributed by atoms with E-state index >= 15 is 0 Å². The highest BCUT2D eigenvalue weighted by Gasteiger charge is 2.21. The van der Waals surface area contributed by atoms with E-state index in [9.17, 15) is 9.90 Å². The van der Waals surface area contributed by atoms with Crippen molar-refractivity contribution in [2.24, 2.45) is 7.05 Å². The zero-order valence-corrected chi connectivity index (χ0v) is 22.3. The number of benzene rings is 1. The van der Waals surface area contributed by atoms with Gasteiger partial charge in [-0.3, -0.25) is 4.79 Å². The van der Waals surface area contributed by atoms with Gasteiger partial charge in [0.1, 0.15) is 23.1 Å². The largest absolute Gasteiger partial charge is 0.508 e. The zero-order valence-electron chi connectivity index (χ0n) is 22.3. The number of imidazole rings is 1. The first-order valence-electron chi connectivity index (χ1n) is 12.3. The van der Waals surface area contributed by atoms with Crippen molar-refractivity contribution in [3.8, 4) is 17.1 Å². The number of pyridine rings is 1. The van der Waals surface area contributed by atoms with Crippen molar-refractivity contribution >= 4 is 22.6 Å². The lowest BCUT2D eigenvalue weighted by atomic mass is 10.1. The lowest BCUT2D eigenvalue weighted by Gasteiger charge is -2.19. The quantitative estimate of drug-likeness (QED) is 0.359. The van der Waals surface area contributed by atoms with Gasteiger partial charge in [-0.15, -0.1) is 0 Å². The molecule has 4 rings (SSSR count). The molecule has 4 aromatic rings. The summed E-state index contributed by atoms with van der Waals surface area (Å²) in [7, 11) is 7.72. The Morgan fingerprint density at radius 1 is 1.11 bits per heavy atom. The Kier molecular flexibility index (Phi) is 7.68. The normalized spacial score (nSPS) is 11.3. The maximum absolute atomic E-state index is 13.7. The molecule has 0 saturated heterocycles. The Hall–Kier alpha value is -4.05. The van der Waals surface area contributed by atoms with Crippen LogP contribution < -0.4 is 5.32 Å². The maximum Gasteiger partial charge on any atom is 0.273 e. The van der Waals surface area contributed by atoms with Crippen molar-refractivity contribution in [2.45, 2.75) is 26.8 Å². The van der Waals surface area contributed by atoms with Crippen LogP contribution in [0.4, 0.5) is 5.82 Å². The number of hydrogen-bond acceptors (Lipinski definition) is 8. The van der Waals surface area contributed by atoms with Gasteiger partial charge in [-0.05, 0) is 51.4 Å². The molecule has 0 unspecified atom stereocenters. The van der Waals surface area contributed by atoms with Crippen LogP contribution in [-0.4, -0.2) is 79.5 Å². The lowest BCUT2D eigenvalue weighted by molar-refractivity contribution is 0.0778. The Labute approximate surface area is 217 Å². The van der Waals surface area contributed by atoms with Crippen LogP contribution in [-0.2, 0) is 20.0 Å². The van der Waals surface area contributed by atoms with Crippen LogP contribution in [0.15, 0.2) is 36.5 Å². The molecule has 1 aromatic carbocycles. The van der Waals surface area contributed by atoms with Crippen molar-refractivity contribution < 1.29 is 9.90 Å². The van der Waals surface area contributed by atoms with E-state index < -0.39 is 0 Å². The predicted octanol–water partition coefficient (Wildman–Crippen LogP) is 3.25. The number of aromatic nitrogens is 5. The second kappa shape index (κ2) is 10.9. The summed E-state index contributed by atoms with van der Waals surface area (Å²) in [5.41, 5.74) is 3.29. The lowest BCUT2D eigenvalue weighted by Crippen LogP contribution is -2.28. The summed E-state index contributed by atoms with van der Waals surface area (Å²) in [6.07, 6.45) is 2.60. The average Bonchev–Trinajstić information content (AvgIpc) is 3.21.